The Balaban J connectivity index is 1.83. The van der Waals surface area contributed by atoms with E-state index in [1.165, 1.54) is 18.2 Å². The van der Waals surface area contributed by atoms with E-state index < -0.39 is 33.6 Å². The molecule has 1 heterocycles. The van der Waals surface area contributed by atoms with Gasteiger partial charge in [-0.2, -0.15) is 4.31 Å². The van der Waals surface area contributed by atoms with Crippen molar-refractivity contribution < 1.29 is 22.0 Å². The summed E-state index contributed by atoms with van der Waals surface area (Å²) >= 11 is 0. The second-order valence-electron chi connectivity index (χ2n) is 5.70. The van der Waals surface area contributed by atoms with Crippen LogP contribution in [0.25, 0.3) is 0 Å². The summed E-state index contributed by atoms with van der Waals surface area (Å²) in [5.41, 5.74) is -0.00136. The summed E-state index contributed by atoms with van der Waals surface area (Å²) in [5.74, 6) is -1.73. The highest BCUT2D eigenvalue weighted by molar-refractivity contribution is 7.89. The van der Waals surface area contributed by atoms with E-state index in [-0.39, 0.29) is 17.1 Å². The summed E-state index contributed by atoms with van der Waals surface area (Å²) in [5, 5.41) is 2.43. The van der Waals surface area contributed by atoms with E-state index in [0.29, 0.717) is 12.8 Å². The van der Waals surface area contributed by atoms with Crippen molar-refractivity contribution in [3.8, 4) is 0 Å². The highest BCUT2D eigenvalue weighted by atomic mass is 32.2. The van der Waals surface area contributed by atoms with Crippen molar-refractivity contribution in [3.05, 3.63) is 60.2 Å². The van der Waals surface area contributed by atoms with Crippen LogP contribution in [0, 0.1) is 11.6 Å². The Hall–Kier alpha value is -2.32. The Morgan fingerprint density at radius 1 is 1.08 bits per heavy atom. The van der Waals surface area contributed by atoms with Crippen molar-refractivity contribution >= 4 is 21.6 Å². The molecule has 0 saturated carbocycles. The molecule has 5 nitrogen and oxygen atoms in total. The molecule has 0 radical (unpaired) electrons. The Bertz CT molecular complexity index is 885. The molecule has 1 aliphatic rings. The van der Waals surface area contributed by atoms with Gasteiger partial charge in [0.1, 0.15) is 17.7 Å². The fourth-order valence-corrected chi connectivity index (χ4v) is 4.47. The minimum Gasteiger partial charge on any atom is -0.322 e. The van der Waals surface area contributed by atoms with E-state index in [2.05, 4.69) is 5.32 Å². The summed E-state index contributed by atoms with van der Waals surface area (Å²) in [6.07, 6.45) is 0.844. The lowest BCUT2D eigenvalue weighted by Crippen LogP contribution is -2.43. The van der Waals surface area contributed by atoms with E-state index in [1.54, 1.807) is 6.07 Å². The minimum absolute atomic E-state index is 0.00136. The average molecular weight is 366 g/mol. The number of halogens is 2. The predicted octanol–water partition coefficient (Wildman–Crippen LogP) is 2.76. The average Bonchev–Trinajstić information content (AvgIpc) is 3.08. The van der Waals surface area contributed by atoms with Crippen LogP contribution in [0.2, 0.25) is 0 Å². The van der Waals surface area contributed by atoms with Gasteiger partial charge in [0, 0.05) is 6.54 Å². The minimum atomic E-state index is -3.94. The van der Waals surface area contributed by atoms with E-state index in [4.69, 9.17) is 0 Å². The van der Waals surface area contributed by atoms with Crippen LogP contribution in [0.15, 0.2) is 53.4 Å². The first-order chi connectivity index (χ1) is 11.9. The molecule has 1 N–H and O–H groups in total. The number of anilines is 1. The third-order valence-electron chi connectivity index (χ3n) is 4.06. The van der Waals surface area contributed by atoms with Gasteiger partial charge < -0.3 is 5.32 Å². The fourth-order valence-electron chi connectivity index (χ4n) is 2.81. The third-order valence-corrected chi connectivity index (χ3v) is 5.98. The fraction of sp³-hybridized carbons (Fsp3) is 0.235. The Kier molecular flexibility index (Phi) is 4.82. The van der Waals surface area contributed by atoms with Gasteiger partial charge in [0.2, 0.25) is 15.9 Å². The molecule has 1 aliphatic heterocycles. The molecule has 1 fully saturated rings. The first kappa shape index (κ1) is 17.5. The van der Waals surface area contributed by atoms with E-state index >= 15 is 0 Å². The van der Waals surface area contributed by atoms with Gasteiger partial charge in [-0.15, -0.1) is 0 Å². The second kappa shape index (κ2) is 6.89. The van der Waals surface area contributed by atoms with Crippen molar-refractivity contribution in [2.45, 2.75) is 23.8 Å². The maximum Gasteiger partial charge on any atom is 0.243 e. The molecule has 8 heteroatoms. The van der Waals surface area contributed by atoms with Gasteiger partial charge in [-0.05, 0) is 49.2 Å². The number of carbonyl (C=O) groups is 1. The monoisotopic (exact) mass is 366 g/mol. The summed E-state index contributed by atoms with van der Waals surface area (Å²) < 4.78 is 53.3. The molecule has 2 aromatic rings. The first-order valence-corrected chi connectivity index (χ1v) is 9.16. The number of nitrogens with one attached hydrogen (secondary N) is 1. The van der Waals surface area contributed by atoms with Crippen molar-refractivity contribution in [1.29, 1.82) is 0 Å². The van der Waals surface area contributed by atoms with E-state index in [9.17, 15) is 22.0 Å². The highest BCUT2D eigenvalue weighted by Gasteiger charge is 2.39. The molecule has 0 unspecified atom stereocenters. The van der Waals surface area contributed by atoms with Crippen LogP contribution in [0.1, 0.15) is 12.8 Å². The van der Waals surface area contributed by atoms with Crippen LogP contribution in [0.3, 0.4) is 0 Å². The van der Waals surface area contributed by atoms with Crippen molar-refractivity contribution in [2.75, 3.05) is 11.9 Å². The molecule has 1 atom stereocenters. The maximum absolute atomic E-state index is 13.7. The lowest BCUT2D eigenvalue weighted by atomic mass is 10.2. The lowest BCUT2D eigenvalue weighted by Gasteiger charge is -2.23. The van der Waals surface area contributed by atoms with Gasteiger partial charge in [-0.25, -0.2) is 17.2 Å². The molecule has 25 heavy (non-hydrogen) atoms. The maximum atomic E-state index is 13.7. The Morgan fingerprint density at radius 3 is 2.44 bits per heavy atom. The predicted molar refractivity (Wildman–Crippen MR) is 88.3 cm³/mol. The van der Waals surface area contributed by atoms with Crippen LogP contribution >= 0.6 is 0 Å². The molecule has 0 spiro atoms. The number of rotatable bonds is 4. The molecule has 3 rings (SSSR count). The SMILES string of the molecule is O=C(Nc1ccccc1F)[C@H]1CCCN1S(=O)(=O)c1ccc(F)cc1. The zero-order chi connectivity index (χ0) is 18.0. The Morgan fingerprint density at radius 2 is 1.76 bits per heavy atom. The van der Waals surface area contributed by atoms with Crippen LogP contribution < -0.4 is 5.32 Å². The molecule has 2 aromatic carbocycles. The molecule has 0 aromatic heterocycles. The Labute approximate surface area is 144 Å². The third kappa shape index (κ3) is 3.54. The quantitative estimate of drug-likeness (QED) is 0.905. The van der Waals surface area contributed by atoms with Crippen LogP contribution in [0.4, 0.5) is 14.5 Å². The number of hydrogen-bond donors (Lipinski definition) is 1. The molecular formula is C17H16F2N2O3S. The van der Waals surface area contributed by atoms with Crippen LogP contribution in [-0.2, 0) is 14.8 Å². The molecule has 132 valence electrons. The standard InChI is InChI=1S/C17H16F2N2O3S/c18-12-7-9-13(10-8-12)25(23,24)21-11-3-6-16(21)17(22)20-15-5-2-1-4-14(15)19/h1-2,4-5,7-10,16H,3,6,11H2,(H,20,22)/t16-/m1/s1. The number of benzene rings is 2. The topological polar surface area (TPSA) is 66.5 Å². The molecule has 1 amide bonds. The zero-order valence-corrected chi connectivity index (χ0v) is 14.0. The van der Waals surface area contributed by atoms with Gasteiger partial charge in [0.25, 0.3) is 0 Å². The van der Waals surface area contributed by atoms with Gasteiger partial charge in [0.05, 0.1) is 10.6 Å². The summed E-state index contributed by atoms with van der Waals surface area (Å²) in [6, 6.07) is 9.16. The van der Waals surface area contributed by atoms with Gasteiger partial charge in [-0.3, -0.25) is 4.79 Å². The van der Waals surface area contributed by atoms with Crippen LogP contribution in [0.5, 0.6) is 0 Å². The van der Waals surface area contributed by atoms with Crippen molar-refractivity contribution in [1.82, 2.24) is 4.31 Å². The van der Waals surface area contributed by atoms with E-state index in [0.717, 1.165) is 28.6 Å². The summed E-state index contributed by atoms with van der Waals surface area (Å²) in [7, 11) is -3.94. The van der Waals surface area contributed by atoms with E-state index in [1.807, 2.05) is 0 Å². The summed E-state index contributed by atoms with van der Waals surface area (Å²) in [6.45, 7) is 0.176. The largest absolute Gasteiger partial charge is 0.322 e. The van der Waals surface area contributed by atoms with Gasteiger partial charge >= 0.3 is 0 Å². The van der Waals surface area contributed by atoms with Crippen molar-refractivity contribution in [2.24, 2.45) is 0 Å². The number of hydrogen-bond acceptors (Lipinski definition) is 3. The zero-order valence-electron chi connectivity index (χ0n) is 13.2. The second-order valence-corrected chi connectivity index (χ2v) is 7.59. The van der Waals surface area contributed by atoms with Gasteiger partial charge in [0.15, 0.2) is 0 Å². The smallest absolute Gasteiger partial charge is 0.243 e. The summed E-state index contributed by atoms with van der Waals surface area (Å²) in [4.78, 5) is 12.4. The van der Waals surface area contributed by atoms with Gasteiger partial charge in [-0.1, -0.05) is 12.1 Å². The molecule has 0 aliphatic carbocycles. The normalized spacial score (nSPS) is 18.2. The number of carbonyl (C=O) groups excluding carboxylic acids is 1. The lowest BCUT2D eigenvalue weighted by molar-refractivity contribution is -0.119. The number of amides is 1. The number of nitrogens with zero attached hydrogens (tertiary/aromatic N) is 1. The first-order valence-electron chi connectivity index (χ1n) is 7.72. The number of sulfonamides is 1. The molecule has 0 bridgehead atoms. The highest BCUT2D eigenvalue weighted by Crippen LogP contribution is 2.27. The van der Waals surface area contributed by atoms with Crippen molar-refractivity contribution in [3.63, 3.8) is 0 Å². The molecule has 1 saturated heterocycles. The number of para-hydroxylation sites is 1. The van der Waals surface area contributed by atoms with Crippen LogP contribution in [-0.4, -0.2) is 31.2 Å². The molecular weight excluding hydrogens is 350 g/mol.